The number of amides is 1. The number of nitro groups is 1. The van der Waals surface area contributed by atoms with Crippen LogP contribution >= 0.6 is 23.2 Å². The molecule has 0 spiro atoms. The number of hydrogen-bond acceptors (Lipinski definition) is 5. The van der Waals surface area contributed by atoms with Crippen LogP contribution in [0.1, 0.15) is 24.3 Å². The molecule has 0 aliphatic rings. The number of hydrogen-bond donors (Lipinski definition) is 1. The molecule has 0 radical (unpaired) electrons. The van der Waals surface area contributed by atoms with Gasteiger partial charge in [-0.25, -0.2) is 0 Å². The van der Waals surface area contributed by atoms with Gasteiger partial charge in [0.25, 0.3) is 11.6 Å². The number of nitro benzene ring substituents is 1. The summed E-state index contributed by atoms with van der Waals surface area (Å²) in [6.07, 6.45) is 1.29. The maximum atomic E-state index is 12.5. The van der Waals surface area contributed by atoms with Crippen LogP contribution in [0.25, 0.3) is 17.4 Å². The summed E-state index contributed by atoms with van der Waals surface area (Å²) >= 11 is 12.0. The lowest BCUT2D eigenvalue weighted by molar-refractivity contribution is -0.384. The number of halogens is 2. The van der Waals surface area contributed by atoms with Crippen molar-refractivity contribution in [1.82, 2.24) is 5.32 Å². The van der Waals surface area contributed by atoms with Crippen molar-refractivity contribution in [3.8, 4) is 17.4 Å². The van der Waals surface area contributed by atoms with Gasteiger partial charge in [-0.2, -0.15) is 5.26 Å². The Morgan fingerprint density at radius 1 is 1.19 bits per heavy atom. The summed E-state index contributed by atoms with van der Waals surface area (Å²) in [5.74, 6) is -0.119. The highest BCUT2D eigenvalue weighted by Gasteiger charge is 2.19. The summed E-state index contributed by atoms with van der Waals surface area (Å²) in [6, 6.07) is 16.4. The summed E-state index contributed by atoms with van der Waals surface area (Å²) in [5.41, 5.74) is 0.684. The average Bonchev–Trinajstić information content (AvgIpc) is 3.20. The topological polar surface area (TPSA) is 109 Å². The lowest BCUT2D eigenvalue weighted by Gasteiger charge is -2.13. The Morgan fingerprint density at radius 3 is 2.55 bits per heavy atom. The molecule has 9 heteroatoms. The predicted octanol–water partition coefficient (Wildman–Crippen LogP) is 5.95. The Labute approximate surface area is 187 Å². The summed E-state index contributed by atoms with van der Waals surface area (Å²) < 4.78 is 5.64. The summed E-state index contributed by atoms with van der Waals surface area (Å²) in [7, 11) is 0. The molecular formula is C22H15Cl2N3O4. The van der Waals surface area contributed by atoms with Crippen molar-refractivity contribution < 1.29 is 14.1 Å². The van der Waals surface area contributed by atoms with Crippen LogP contribution in [-0.2, 0) is 4.79 Å². The summed E-state index contributed by atoms with van der Waals surface area (Å²) in [5, 5.41) is 23.4. The lowest BCUT2D eigenvalue weighted by atomic mass is 10.1. The molecule has 3 rings (SSSR count). The second-order valence-electron chi connectivity index (χ2n) is 6.52. The highest BCUT2D eigenvalue weighted by Crippen LogP contribution is 2.37. The molecule has 1 atom stereocenters. The fourth-order valence-corrected chi connectivity index (χ4v) is 3.38. The van der Waals surface area contributed by atoms with E-state index in [4.69, 9.17) is 27.6 Å². The monoisotopic (exact) mass is 455 g/mol. The van der Waals surface area contributed by atoms with Crippen molar-refractivity contribution in [2.45, 2.75) is 13.0 Å². The number of nitrogens with one attached hydrogen (secondary N) is 1. The molecule has 3 aromatic rings. The third-order valence-corrected chi connectivity index (χ3v) is 5.04. The quantitative estimate of drug-likeness (QED) is 0.214. The zero-order valence-electron chi connectivity index (χ0n) is 16.1. The van der Waals surface area contributed by atoms with Crippen molar-refractivity contribution in [3.05, 3.63) is 91.7 Å². The third-order valence-electron chi connectivity index (χ3n) is 4.42. The molecule has 7 nitrogen and oxygen atoms in total. The van der Waals surface area contributed by atoms with Gasteiger partial charge in [-0.3, -0.25) is 14.9 Å². The van der Waals surface area contributed by atoms with E-state index in [1.165, 1.54) is 30.3 Å². The van der Waals surface area contributed by atoms with E-state index in [1.807, 2.05) is 43.3 Å². The highest BCUT2D eigenvalue weighted by molar-refractivity contribution is 6.37. The van der Waals surface area contributed by atoms with Gasteiger partial charge < -0.3 is 9.73 Å². The Bertz CT molecular complexity index is 1210. The smallest absolute Gasteiger partial charge is 0.288 e. The number of furan rings is 1. The SMILES string of the molecule is C[C@H](NC(=O)/C(C#N)=C\c1ccc(-c2cc([N+](=O)[O-])c(Cl)cc2Cl)o1)c1ccccc1. The summed E-state index contributed by atoms with van der Waals surface area (Å²) in [4.78, 5) is 23.0. The number of rotatable bonds is 6. The van der Waals surface area contributed by atoms with Crippen LogP contribution in [-0.4, -0.2) is 10.8 Å². The van der Waals surface area contributed by atoms with Gasteiger partial charge >= 0.3 is 0 Å². The van der Waals surface area contributed by atoms with E-state index in [1.54, 1.807) is 0 Å². The standard InChI is InChI=1S/C22H15Cl2N3O4/c1-13(14-5-3-2-4-6-14)26-22(28)15(12-25)9-16-7-8-21(31-16)17-10-20(27(29)30)19(24)11-18(17)23/h2-11,13H,1H3,(H,26,28)/b15-9-/t13-/m0/s1. The van der Waals surface area contributed by atoms with Crippen LogP contribution in [0.5, 0.6) is 0 Å². The number of benzene rings is 2. The molecular weight excluding hydrogens is 441 g/mol. The van der Waals surface area contributed by atoms with Crippen molar-refractivity contribution in [2.24, 2.45) is 0 Å². The van der Waals surface area contributed by atoms with Gasteiger partial charge in [0.2, 0.25) is 0 Å². The zero-order valence-corrected chi connectivity index (χ0v) is 17.6. The van der Waals surface area contributed by atoms with Crippen LogP contribution in [0.2, 0.25) is 10.0 Å². The van der Waals surface area contributed by atoms with Crippen LogP contribution in [0, 0.1) is 21.4 Å². The van der Waals surface area contributed by atoms with Crippen LogP contribution in [0.4, 0.5) is 5.69 Å². The normalized spacial score (nSPS) is 12.1. The van der Waals surface area contributed by atoms with E-state index in [0.29, 0.717) is 0 Å². The van der Waals surface area contributed by atoms with E-state index in [9.17, 15) is 20.2 Å². The first-order valence-electron chi connectivity index (χ1n) is 9.01. The van der Waals surface area contributed by atoms with Gasteiger partial charge in [-0.05, 0) is 30.7 Å². The van der Waals surface area contributed by atoms with Crippen molar-refractivity contribution >= 4 is 40.9 Å². The predicted molar refractivity (Wildman–Crippen MR) is 117 cm³/mol. The van der Waals surface area contributed by atoms with E-state index in [0.717, 1.165) is 5.56 Å². The van der Waals surface area contributed by atoms with Gasteiger partial charge in [-0.15, -0.1) is 0 Å². The van der Waals surface area contributed by atoms with Crippen molar-refractivity contribution in [1.29, 1.82) is 5.26 Å². The third kappa shape index (κ3) is 5.12. The summed E-state index contributed by atoms with van der Waals surface area (Å²) in [6.45, 7) is 1.81. The van der Waals surface area contributed by atoms with Gasteiger partial charge in [0.15, 0.2) is 0 Å². The first kappa shape index (κ1) is 22.1. The second-order valence-corrected chi connectivity index (χ2v) is 7.33. The molecule has 1 amide bonds. The Morgan fingerprint density at radius 2 is 1.90 bits per heavy atom. The molecule has 156 valence electrons. The van der Waals surface area contributed by atoms with Crippen LogP contribution < -0.4 is 5.32 Å². The maximum absolute atomic E-state index is 12.5. The number of nitriles is 1. The molecule has 31 heavy (non-hydrogen) atoms. The minimum Gasteiger partial charge on any atom is -0.457 e. The van der Waals surface area contributed by atoms with Crippen molar-refractivity contribution in [2.75, 3.05) is 0 Å². The van der Waals surface area contributed by atoms with Gasteiger partial charge in [0, 0.05) is 17.7 Å². The average molecular weight is 456 g/mol. The molecule has 0 aliphatic carbocycles. The molecule has 0 saturated carbocycles. The van der Waals surface area contributed by atoms with Crippen LogP contribution in [0.3, 0.4) is 0 Å². The lowest BCUT2D eigenvalue weighted by Crippen LogP contribution is -2.27. The van der Waals surface area contributed by atoms with E-state index in [2.05, 4.69) is 5.32 Å². The molecule has 1 heterocycles. The Balaban J connectivity index is 1.84. The highest BCUT2D eigenvalue weighted by atomic mass is 35.5. The fourth-order valence-electron chi connectivity index (χ4n) is 2.83. The van der Waals surface area contributed by atoms with Crippen LogP contribution in [0.15, 0.2) is 64.6 Å². The number of carbonyl (C=O) groups excluding carboxylic acids is 1. The number of nitrogens with zero attached hydrogens (tertiary/aromatic N) is 2. The minimum atomic E-state index is -0.627. The minimum absolute atomic E-state index is 0.0959. The fraction of sp³-hybridized carbons (Fsp3) is 0.0909. The molecule has 0 fully saturated rings. The first-order chi connectivity index (χ1) is 14.8. The maximum Gasteiger partial charge on any atom is 0.288 e. The first-order valence-corrected chi connectivity index (χ1v) is 9.77. The van der Waals surface area contributed by atoms with Crippen molar-refractivity contribution in [3.63, 3.8) is 0 Å². The molecule has 0 bridgehead atoms. The van der Waals surface area contributed by atoms with E-state index in [-0.39, 0.29) is 44.4 Å². The molecule has 1 aromatic heterocycles. The Kier molecular flexibility index (Phi) is 6.75. The second kappa shape index (κ2) is 9.47. The van der Waals surface area contributed by atoms with E-state index < -0.39 is 10.8 Å². The van der Waals surface area contributed by atoms with E-state index >= 15 is 0 Å². The van der Waals surface area contributed by atoms with Gasteiger partial charge in [0.1, 0.15) is 28.2 Å². The zero-order chi connectivity index (χ0) is 22.5. The molecule has 1 N–H and O–H groups in total. The largest absolute Gasteiger partial charge is 0.457 e. The molecule has 2 aromatic carbocycles. The molecule has 0 unspecified atom stereocenters. The number of carbonyl (C=O) groups is 1. The van der Waals surface area contributed by atoms with Gasteiger partial charge in [-0.1, -0.05) is 53.5 Å². The van der Waals surface area contributed by atoms with Gasteiger partial charge in [0.05, 0.1) is 16.0 Å². The molecule has 0 aliphatic heterocycles. The Hall–Kier alpha value is -3.60. The molecule has 0 saturated heterocycles.